The van der Waals surface area contributed by atoms with Gasteiger partial charge in [0.15, 0.2) is 11.9 Å². The van der Waals surface area contributed by atoms with E-state index < -0.39 is 6.04 Å². The number of aliphatic imine (C=N–C) groups is 1. The molecule has 0 fully saturated rings. The Labute approximate surface area is 71.6 Å². The molecule has 0 N–H and O–H groups in total. The van der Waals surface area contributed by atoms with Crippen molar-refractivity contribution in [3.05, 3.63) is 0 Å². The van der Waals surface area contributed by atoms with Crippen LogP contribution in [-0.4, -0.2) is 31.6 Å². The summed E-state index contributed by atoms with van der Waals surface area (Å²) in [6.45, 7) is 2.37. The summed E-state index contributed by atoms with van der Waals surface area (Å²) in [5, 5.41) is 0. The molecule has 0 aromatic carbocycles. The Kier molecular flexibility index (Phi) is 3.08. The van der Waals surface area contributed by atoms with Crippen molar-refractivity contribution in [2.24, 2.45) is 4.99 Å². The molecule has 0 saturated heterocycles. The zero-order chi connectivity index (χ0) is 8.97. The van der Waals surface area contributed by atoms with Crippen LogP contribution in [0.15, 0.2) is 4.99 Å². The molecule has 0 aliphatic carbocycles. The fourth-order valence-electron chi connectivity index (χ4n) is 1.03. The van der Waals surface area contributed by atoms with Gasteiger partial charge in [-0.3, -0.25) is 0 Å². The van der Waals surface area contributed by atoms with Gasteiger partial charge in [0.2, 0.25) is 0 Å². The van der Waals surface area contributed by atoms with Crippen LogP contribution in [0.1, 0.15) is 19.8 Å². The van der Waals surface area contributed by atoms with Gasteiger partial charge in [-0.15, -0.1) is 0 Å². The maximum Gasteiger partial charge on any atom is 0.334 e. The standard InChI is InChI=1S/C8H13NO3/c1-3-4-7-9-6(5-12-7)8(10)11-2/h6H,3-5H2,1-2H3/t6-/m1/s1. The second kappa shape index (κ2) is 4.09. The van der Waals surface area contributed by atoms with Gasteiger partial charge in [-0.05, 0) is 6.42 Å². The Hall–Kier alpha value is -1.06. The summed E-state index contributed by atoms with van der Waals surface area (Å²) in [7, 11) is 1.36. The minimum absolute atomic E-state index is 0.318. The molecule has 4 heteroatoms. The predicted octanol–water partition coefficient (Wildman–Crippen LogP) is 0.757. The molecule has 0 radical (unpaired) electrons. The molecule has 68 valence electrons. The predicted molar refractivity (Wildman–Crippen MR) is 44.1 cm³/mol. The molecule has 1 rings (SSSR count). The van der Waals surface area contributed by atoms with Gasteiger partial charge in [0.1, 0.15) is 6.61 Å². The summed E-state index contributed by atoms with van der Waals surface area (Å²) in [6, 6.07) is -0.434. The molecule has 1 aliphatic rings. The minimum Gasteiger partial charge on any atom is -0.478 e. The molecular weight excluding hydrogens is 158 g/mol. The van der Waals surface area contributed by atoms with E-state index in [0.29, 0.717) is 12.5 Å². The molecule has 0 bridgehead atoms. The number of esters is 1. The molecule has 0 spiro atoms. The Balaban J connectivity index is 2.46. The number of carbonyl (C=O) groups excluding carboxylic acids is 1. The number of rotatable bonds is 3. The van der Waals surface area contributed by atoms with Gasteiger partial charge < -0.3 is 9.47 Å². The molecular formula is C8H13NO3. The first-order chi connectivity index (χ1) is 5.77. The van der Waals surface area contributed by atoms with Gasteiger partial charge in [0.05, 0.1) is 7.11 Å². The van der Waals surface area contributed by atoms with Crippen molar-refractivity contribution >= 4 is 11.9 Å². The van der Waals surface area contributed by atoms with Crippen molar-refractivity contribution in [1.29, 1.82) is 0 Å². The summed E-state index contributed by atoms with van der Waals surface area (Å²) in [5.41, 5.74) is 0. The number of nitrogens with zero attached hydrogens (tertiary/aromatic N) is 1. The monoisotopic (exact) mass is 171 g/mol. The minimum atomic E-state index is -0.434. The van der Waals surface area contributed by atoms with E-state index in [1.54, 1.807) is 0 Å². The van der Waals surface area contributed by atoms with Crippen LogP contribution < -0.4 is 0 Å². The summed E-state index contributed by atoms with van der Waals surface area (Å²) in [6.07, 6.45) is 1.78. The van der Waals surface area contributed by atoms with E-state index in [2.05, 4.69) is 9.73 Å². The lowest BCUT2D eigenvalue weighted by Crippen LogP contribution is -2.21. The zero-order valence-electron chi connectivity index (χ0n) is 7.37. The molecule has 0 unspecified atom stereocenters. The van der Waals surface area contributed by atoms with E-state index >= 15 is 0 Å². The van der Waals surface area contributed by atoms with Crippen LogP contribution >= 0.6 is 0 Å². The topological polar surface area (TPSA) is 47.9 Å². The number of ether oxygens (including phenoxy) is 2. The van der Waals surface area contributed by atoms with Crippen LogP contribution in [0.5, 0.6) is 0 Å². The number of carbonyl (C=O) groups is 1. The van der Waals surface area contributed by atoms with E-state index in [-0.39, 0.29) is 5.97 Å². The van der Waals surface area contributed by atoms with Crippen molar-refractivity contribution in [2.45, 2.75) is 25.8 Å². The first kappa shape index (κ1) is 9.03. The summed E-state index contributed by atoms with van der Waals surface area (Å²) in [4.78, 5) is 15.0. The highest BCUT2D eigenvalue weighted by atomic mass is 16.5. The highest BCUT2D eigenvalue weighted by molar-refractivity contribution is 5.85. The number of methoxy groups -OCH3 is 1. The van der Waals surface area contributed by atoms with Crippen LogP contribution in [-0.2, 0) is 14.3 Å². The van der Waals surface area contributed by atoms with Gasteiger partial charge in [-0.1, -0.05) is 6.92 Å². The van der Waals surface area contributed by atoms with Crippen molar-refractivity contribution in [3.63, 3.8) is 0 Å². The van der Waals surface area contributed by atoms with Gasteiger partial charge in [-0.25, -0.2) is 9.79 Å². The maximum absolute atomic E-state index is 11.0. The Bertz CT molecular complexity index is 200. The van der Waals surface area contributed by atoms with E-state index in [0.717, 1.165) is 12.8 Å². The zero-order valence-corrected chi connectivity index (χ0v) is 7.37. The molecule has 1 heterocycles. The largest absolute Gasteiger partial charge is 0.478 e. The Morgan fingerprint density at radius 3 is 3.17 bits per heavy atom. The lowest BCUT2D eigenvalue weighted by molar-refractivity contribution is -0.142. The molecule has 4 nitrogen and oxygen atoms in total. The van der Waals surface area contributed by atoms with Crippen molar-refractivity contribution in [3.8, 4) is 0 Å². The number of hydrogen-bond acceptors (Lipinski definition) is 4. The highest BCUT2D eigenvalue weighted by Gasteiger charge is 2.25. The van der Waals surface area contributed by atoms with Gasteiger partial charge in [0, 0.05) is 6.42 Å². The van der Waals surface area contributed by atoms with Gasteiger partial charge in [0.25, 0.3) is 0 Å². The van der Waals surface area contributed by atoms with E-state index in [4.69, 9.17) is 4.74 Å². The molecule has 0 aromatic rings. The smallest absolute Gasteiger partial charge is 0.334 e. The second-order valence-corrected chi connectivity index (χ2v) is 2.62. The van der Waals surface area contributed by atoms with E-state index in [9.17, 15) is 4.79 Å². The molecule has 0 amide bonds. The van der Waals surface area contributed by atoms with Crippen molar-refractivity contribution < 1.29 is 14.3 Å². The van der Waals surface area contributed by atoms with Crippen molar-refractivity contribution in [1.82, 2.24) is 0 Å². The lowest BCUT2D eigenvalue weighted by atomic mass is 10.3. The van der Waals surface area contributed by atoms with Gasteiger partial charge >= 0.3 is 5.97 Å². The molecule has 0 saturated carbocycles. The quantitative estimate of drug-likeness (QED) is 0.589. The SMILES string of the molecule is CCCC1=N[C@@H](C(=O)OC)CO1. The van der Waals surface area contributed by atoms with E-state index in [1.165, 1.54) is 7.11 Å². The normalized spacial score (nSPS) is 21.5. The first-order valence-corrected chi connectivity index (χ1v) is 4.05. The van der Waals surface area contributed by atoms with Crippen LogP contribution in [0.3, 0.4) is 0 Å². The fraction of sp³-hybridized carbons (Fsp3) is 0.750. The molecule has 12 heavy (non-hydrogen) atoms. The van der Waals surface area contributed by atoms with E-state index in [1.807, 2.05) is 6.92 Å². The third-order valence-electron chi connectivity index (χ3n) is 1.64. The summed E-state index contributed by atoms with van der Waals surface area (Å²) in [5.74, 6) is 0.356. The van der Waals surface area contributed by atoms with Crippen LogP contribution in [0, 0.1) is 0 Å². The second-order valence-electron chi connectivity index (χ2n) is 2.62. The fourth-order valence-corrected chi connectivity index (χ4v) is 1.03. The Morgan fingerprint density at radius 1 is 1.83 bits per heavy atom. The van der Waals surface area contributed by atoms with Crippen LogP contribution in [0.2, 0.25) is 0 Å². The summed E-state index contributed by atoms with van der Waals surface area (Å²) >= 11 is 0. The first-order valence-electron chi connectivity index (χ1n) is 4.05. The average Bonchev–Trinajstić information content (AvgIpc) is 2.52. The van der Waals surface area contributed by atoms with Gasteiger partial charge in [-0.2, -0.15) is 0 Å². The number of hydrogen-bond donors (Lipinski definition) is 0. The third kappa shape index (κ3) is 1.96. The lowest BCUT2D eigenvalue weighted by Gasteiger charge is -2.00. The third-order valence-corrected chi connectivity index (χ3v) is 1.64. The highest BCUT2D eigenvalue weighted by Crippen LogP contribution is 2.09. The molecule has 1 aliphatic heterocycles. The van der Waals surface area contributed by atoms with Crippen molar-refractivity contribution in [2.75, 3.05) is 13.7 Å². The maximum atomic E-state index is 11.0. The molecule has 1 atom stereocenters. The average molecular weight is 171 g/mol. The van der Waals surface area contributed by atoms with Crippen LogP contribution in [0.4, 0.5) is 0 Å². The summed E-state index contributed by atoms with van der Waals surface area (Å²) < 4.78 is 9.71. The van der Waals surface area contributed by atoms with Crippen LogP contribution in [0.25, 0.3) is 0 Å². The molecule has 0 aromatic heterocycles. The Morgan fingerprint density at radius 2 is 2.58 bits per heavy atom.